The van der Waals surface area contributed by atoms with Gasteiger partial charge in [-0.2, -0.15) is 0 Å². The number of nitrogens with zero attached hydrogens (tertiary/aromatic N) is 3. The van der Waals surface area contributed by atoms with E-state index in [0.29, 0.717) is 12.5 Å². The molecule has 1 aliphatic heterocycles. The molecule has 116 valence electrons. The molecular formula is C16H25N3O2. The minimum absolute atomic E-state index is 0.0237. The van der Waals surface area contributed by atoms with Crippen molar-refractivity contribution in [3.8, 4) is 0 Å². The Labute approximate surface area is 126 Å². The summed E-state index contributed by atoms with van der Waals surface area (Å²) in [5.41, 5.74) is 2.07. The first kappa shape index (κ1) is 15.7. The van der Waals surface area contributed by atoms with Crippen LogP contribution in [-0.4, -0.2) is 35.6 Å². The molecule has 0 N–H and O–H groups in total. The van der Waals surface area contributed by atoms with Crippen molar-refractivity contribution in [2.45, 2.75) is 46.5 Å². The fraction of sp³-hybridized carbons (Fsp3) is 0.688. The average Bonchev–Trinajstić information content (AvgIpc) is 2.47. The van der Waals surface area contributed by atoms with Crippen LogP contribution in [0.4, 0.5) is 5.95 Å². The van der Waals surface area contributed by atoms with Crippen molar-refractivity contribution in [3.63, 3.8) is 0 Å². The summed E-state index contributed by atoms with van der Waals surface area (Å²) in [6.45, 7) is 10.2. The normalized spacial score (nSPS) is 16.3. The Balaban J connectivity index is 2.03. The average molecular weight is 291 g/mol. The number of carbonyl (C=O) groups is 1. The molecule has 0 aromatic carbocycles. The van der Waals surface area contributed by atoms with Crippen LogP contribution in [0.5, 0.6) is 0 Å². The number of piperidine rings is 1. The number of anilines is 1. The highest BCUT2D eigenvalue weighted by molar-refractivity contribution is 5.72. The third-order valence-electron chi connectivity index (χ3n) is 3.85. The minimum atomic E-state index is -0.0646. The van der Waals surface area contributed by atoms with Crippen molar-refractivity contribution in [2.75, 3.05) is 24.6 Å². The van der Waals surface area contributed by atoms with E-state index in [2.05, 4.69) is 28.7 Å². The second kappa shape index (κ2) is 6.87. The molecular weight excluding hydrogens is 266 g/mol. The van der Waals surface area contributed by atoms with Gasteiger partial charge in [0.05, 0.1) is 12.5 Å². The molecule has 0 amide bonds. The molecule has 5 nitrogen and oxygen atoms in total. The zero-order valence-corrected chi connectivity index (χ0v) is 13.4. The van der Waals surface area contributed by atoms with Gasteiger partial charge in [-0.3, -0.25) is 4.79 Å². The molecule has 2 heterocycles. The van der Waals surface area contributed by atoms with E-state index < -0.39 is 0 Å². The van der Waals surface area contributed by atoms with E-state index in [-0.39, 0.29) is 11.9 Å². The Bertz CT molecular complexity index is 494. The van der Waals surface area contributed by atoms with Gasteiger partial charge in [-0.05, 0) is 38.7 Å². The van der Waals surface area contributed by atoms with Gasteiger partial charge in [-0.25, -0.2) is 9.97 Å². The van der Waals surface area contributed by atoms with Crippen molar-refractivity contribution >= 4 is 11.9 Å². The molecule has 2 rings (SSSR count). The fourth-order valence-corrected chi connectivity index (χ4v) is 2.59. The van der Waals surface area contributed by atoms with E-state index >= 15 is 0 Å². The first-order chi connectivity index (χ1) is 10.0. The van der Waals surface area contributed by atoms with Gasteiger partial charge in [0.15, 0.2) is 0 Å². The van der Waals surface area contributed by atoms with Crippen LogP contribution in [0.1, 0.15) is 50.9 Å². The van der Waals surface area contributed by atoms with Gasteiger partial charge in [-0.15, -0.1) is 0 Å². The lowest BCUT2D eigenvalue weighted by molar-refractivity contribution is -0.148. The molecule has 0 radical (unpaired) electrons. The van der Waals surface area contributed by atoms with Gasteiger partial charge < -0.3 is 9.64 Å². The summed E-state index contributed by atoms with van der Waals surface area (Å²) < 4.78 is 5.10. The van der Waals surface area contributed by atoms with Crippen LogP contribution in [0.15, 0.2) is 6.07 Å². The van der Waals surface area contributed by atoms with Crippen LogP contribution >= 0.6 is 0 Å². The largest absolute Gasteiger partial charge is 0.466 e. The van der Waals surface area contributed by atoms with Crippen LogP contribution in [0.25, 0.3) is 0 Å². The molecule has 1 fully saturated rings. The van der Waals surface area contributed by atoms with Crippen LogP contribution in [0.2, 0.25) is 0 Å². The zero-order chi connectivity index (χ0) is 15.4. The van der Waals surface area contributed by atoms with Crippen molar-refractivity contribution in [1.29, 1.82) is 0 Å². The number of carbonyl (C=O) groups excluding carboxylic acids is 1. The molecule has 1 aromatic heterocycles. The quantitative estimate of drug-likeness (QED) is 0.798. The fourth-order valence-electron chi connectivity index (χ4n) is 2.59. The highest BCUT2D eigenvalue weighted by atomic mass is 16.5. The summed E-state index contributed by atoms with van der Waals surface area (Å²) in [6, 6.07) is 2.04. The Morgan fingerprint density at radius 3 is 2.62 bits per heavy atom. The highest BCUT2D eigenvalue weighted by Gasteiger charge is 2.27. The molecule has 0 saturated carbocycles. The van der Waals surface area contributed by atoms with E-state index in [1.54, 1.807) is 0 Å². The first-order valence-electron chi connectivity index (χ1n) is 7.78. The zero-order valence-electron chi connectivity index (χ0n) is 13.4. The highest BCUT2D eigenvalue weighted by Crippen LogP contribution is 2.23. The smallest absolute Gasteiger partial charge is 0.309 e. The van der Waals surface area contributed by atoms with Crippen LogP contribution < -0.4 is 4.90 Å². The maximum absolute atomic E-state index is 11.8. The van der Waals surface area contributed by atoms with Crippen molar-refractivity contribution in [3.05, 3.63) is 17.5 Å². The monoisotopic (exact) mass is 291 g/mol. The predicted octanol–water partition coefficient (Wildman–Crippen LogP) is 2.69. The first-order valence-corrected chi connectivity index (χ1v) is 7.78. The van der Waals surface area contributed by atoms with Gasteiger partial charge in [-0.1, -0.05) is 13.8 Å². The molecule has 21 heavy (non-hydrogen) atoms. The van der Waals surface area contributed by atoms with E-state index in [0.717, 1.165) is 43.3 Å². The van der Waals surface area contributed by atoms with Gasteiger partial charge in [0.25, 0.3) is 0 Å². The Kier molecular flexibility index (Phi) is 5.15. The number of ether oxygens (including phenoxy) is 1. The number of aromatic nitrogens is 2. The third-order valence-corrected chi connectivity index (χ3v) is 3.85. The van der Waals surface area contributed by atoms with E-state index in [4.69, 9.17) is 4.74 Å². The van der Waals surface area contributed by atoms with E-state index in [1.807, 2.05) is 19.9 Å². The lowest BCUT2D eigenvalue weighted by Gasteiger charge is -2.31. The molecule has 0 atom stereocenters. The predicted molar refractivity (Wildman–Crippen MR) is 82.4 cm³/mol. The van der Waals surface area contributed by atoms with Crippen LogP contribution in [0.3, 0.4) is 0 Å². The van der Waals surface area contributed by atoms with E-state index in [9.17, 15) is 4.79 Å². The maximum atomic E-state index is 11.8. The number of rotatable bonds is 4. The van der Waals surface area contributed by atoms with Crippen molar-refractivity contribution in [2.24, 2.45) is 5.92 Å². The Hall–Kier alpha value is -1.65. The Morgan fingerprint density at radius 2 is 2.05 bits per heavy atom. The number of hydrogen-bond donors (Lipinski definition) is 0. The minimum Gasteiger partial charge on any atom is -0.466 e. The molecule has 1 aromatic rings. The second-order valence-electron chi connectivity index (χ2n) is 5.90. The number of aryl methyl sites for hydroxylation is 1. The van der Waals surface area contributed by atoms with E-state index in [1.165, 1.54) is 0 Å². The lowest BCUT2D eigenvalue weighted by atomic mass is 9.97. The second-order valence-corrected chi connectivity index (χ2v) is 5.90. The number of esters is 1. The molecule has 0 unspecified atom stereocenters. The molecule has 1 aliphatic rings. The summed E-state index contributed by atoms with van der Waals surface area (Å²) >= 11 is 0. The SMILES string of the molecule is CCOC(=O)C1CCN(c2nc(C)cc(C(C)C)n2)CC1. The number of hydrogen-bond acceptors (Lipinski definition) is 5. The maximum Gasteiger partial charge on any atom is 0.309 e. The molecule has 0 spiro atoms. The molecule has 0 bridgehead atoms. The molecule has 0 aliphatic carbocycles. The lowest BCUT2D eigenvalue weighted by Crippen LogP contribution is -2.38. The summed E-state index contributed by atoms with van der Waals surface area (Å²) in [5, 5.41) is 0. The van der Waals surface area contributed by atoms with Crippen LogP contribution in [0, 0.1) is 12.8 Å². The van der Waals surface area contributed by atoms with Gasteiger partial charge in [0.2, 0.25) is 5.95 Å². The topological polar surface area (TPSA) is 55.3 Å². The molecule has 1 saturated heterocycles. The van der Waals surface area contributed by atoms with Gasteiger partial charge in [0.1, 0.15) is 0 Å². The van der Waals surface area contributed by atoms with Crippen molar-refractivity contribution < 1.29 is 9.53 Å². The summed E-state index contributed by atoms with van der Waals surface area (Å²) in [5.74, 6) is 1.14. The van der Waals surface area contributed by atoms with Gasteiger partial charge >= 0.3 is 5.97 Å². The van der Waals surface area contributed by atoms with Crippen LogP contribution in [-0.2, 0) is 9.53 Å². The third kappa shape index (κ3) is 3.93. The standard InChI is InChI=1S/C16H25N3O2/c1-5-21-15(20)13-6-8-19(9-7-13)16-17-12(4)10-14(18-16)11(2)3/h10-11,13H,5-9H2,1-4H3. The van der Waals surface area contributed by atoms with Crippen molar-refractivity contribution in [1.82, 2.24) is 9.97 Å². The summed E-state index contributed by atoms with van der Waals surface area (Å²) in [7, 11) is 0. The summed E-state index contributed by atoms with van der Waals surface area (Å²) in [6.07, 6.45) is 1.63. The summed E-state index contributed by atoms with van der Waals surface area (Å²) in [4.78, 5) is 23.1. The van der Waals surface area contributed by atoms with Gasteiger partial charge in [0, 0.05) is 24.5 Å². The Morgan fingerprint density at radius 1 is 1.38 bits per heavy atom. The molecule has 5 heteroatoms.